The van der Waals surface area contributed by atoms with Gasteiger partial charge in [-0.05, 0) is 55.5 Å². The summed E-state index contributed by atoms with van der Waals surface area (Å²) in [4.78, 5) is 40.9. The molecule has 8 nitrogen and oxygen atoms in total. The van der Waals surface area contributed by atoms with Crippen molar-refractivity contribution in [2.75, 3.05) is 6.54 Å². The number of morpholine rings is 1. The summed E-state index contributed by atoms with van der Waals surface area (Å²) in [6.07, 6.45) is 0.207. The first-order chi connectivity index (χ1) is 20.7. The van der Waals surface area contributed by atoms with E-state index in [1.165, 1.54) is 0 Å². The largest absolute Gasteiger partial charge is 0.481 e. The second-order valence-electron chi connectivity index (χ2n) is 11.2. The lowest BCUT2D eigenvalue weighted by molar-refractivity contribution is -0.181. The molecule has 4 rings (SSSR count). The average molecular weight is 582 g/mol. The number of ether oxygens (including phenoxy) is 1. The van der Waals surface area contributed by atoms with Crippen LogP contribution < -0.4 is 5.32 Å². The summed E-state index contributed by atoms with van der Waals surface area (Å²) in [6, 6.07) is 23.9. The van der Waals surface area contributed by atoms with Crippen molar-refractivity contribution in [3.05, 3.63) is 106 Å². The minimum atomic E-state index is -0.922. The summed E-state index contributed by atoms with van der Waals surface area (Å²) in [5.41, 5.74) is 5.31. The van der Waals surface area contributed by atoms with E-state index in [-0.39, 0.29) is 31.2 Å². The molecule has 0 saturated carbocycles. The second-order valence-corrected chi connectivity index (χ2v) is 11.2. The Labute approximate surface area is 253 Å². The summed E-state index contributed by atoms with van der Waals surface area (Å²) in [7, 11) is 0. The number of hydrogen-bond acceptors (Lipinski definition) is 5. The minimum absolute atomic E-state index is 0.0522. The van der Waals surface area contributed by atoms with Gasteiger partial charge in [-0.15, -0.1) is 0 Å². The van der Waals surface area contributed by atoms with Crippen LogP contribution in [0.15, 0.2) is 72.8 Å². The van der Waals surface area contributed by atoms with E-state index in [2.05, 4.69) is 11.4 Å². The molecule has 0 bridgehead atoms. The molecule has 0 aliphatic carbocycles. The highest BCUT2D eigenvalue weighted by atomic mass is 16.5. The number of carbonyl (C=O) groups is 3. The number of nitrogens with one attached hydrogen (secondary N) is 1. The summed E-state index contributed by atoms with van der Waals surface area (Å²) in [5, 5.41) is 21.2. The topological polar surface area (TPSA) is 120 Å². The van der Waals surface area contributed by atoms with Gasteiger partial charge in [-0.25, -0.2) is 0 Å². The lowest BCUT2D eigenvalue weighted by Gasteiger charge is -2.48. The molecule has 1 fully saturated rings. The van der Waals surface area contributed by atoms with Crippen LogP contribution in [0.5, 0.6) is 0 Å². The second kappa shape index (κ2) is 14.6. The fraction of sp³-hybridized carbons (Fsp3) is 0.371. The quantitative estimate of drug-likeness (QED) is 0.270. The van der Waals surface area contributed by atoms with E-state index in [1.54, 1.807) is 17.0 Å². The lowest BCUT2D eigenvalue weighted by atomic mass is 9.88. The molecule has 43 heavy (non-hydrogen) atoms. The Morgan fingerprint density at radius 3 is 2.14 bits per heavy atom. The first-order valence-corrected chi connectivity index (χ1v) is 14.8. The van der Waals surface area contributed by atoms with Gasteiger partial charge in [0.1, 0.15) is 18.2 Å². The first-order valence-electron chi connectivity index (χ1n) is 14.8. The number of rotatable bonds is 12. The zero-order valence-corrected chi connectivity index (χ0v) is 25.0. The molecule has 224 valence electrons. The number of benzene rings is 3. The highest BCUT2D eigenvalue weighted by molar-refractivity contribution is 5.90. The van der Waals surface area contributed by atoms with Crippen molar-refractivity contribution in [1.82, 2.24) is 10.2 Å². The SMILES string of the molecule is CCC[C@H](C(=O)NCCCC(=O)O)N1C(=O)[C@H](Cc2ccc(C#N)cc2)O[C@@H](c2ccc(C)cc2)[C@H]1c1ccc(C)cc1. The van der Waals surface area contributed by atoms with E-state index >= 15 is 0 Å². The molecule has 0 aromatic heterocycles. The molecule has 3 aromatic rings. The molecule has 8 heteroatoms. The van der Waals surface area contributed by atoms with Crippen LogP contribution in [-0.4, -0.2) is 46.5 Å². The third-order valence-electron chi connectivity index (χ3n) is 7.82. The molecular weight excluding hydrogens is 542 g/mol. The molecule has 0 radical (unpaired) electrons. The van der Waals surface area contributed by atoms with Gasteiger partial charge in [0.25, 0.3) is 5.91 Å². The number of aryl methyl sites for hydroxylation is 2. The van der Waals surface area contributed by atoms with Crippen LogP contribution >= 0.6 is 0 Å². The summed E-state index contributed by atoms with van der Waals surface area (Å²) in [5.74, 6) is -1.51. The standard InChI is InChI=1S/C35H39N3O5/c1-4-6-29(34(41)37-20-5-7-31(39)40)38-32(27-16-8-23(2)9-17-27)33(28-18-10-24(3)11-19-28)43-30(35(38)42)21-25-12-14-26(22-36)15-13-25/h8-19,29-30,32-33H,4-7,20-21H2,1-3H3,(H,37,41)(H,39,40)/t29-,30+,32-,33+/m1/s1. The zero-order chi connectivity index (χ0) is 30.9. The van der Waals surface area contributed by atoms with Crippen LogP contribution in [-0.2, 0) is 25.5 Å². The van der Waals surface area contributed by atoms with E-state index in [4.69, 9.17) is 9.84 Å². The van der Waals surface area contributed by atoms with E-state index in [0.29, 0.717) is 24.8 Å². The van der Waals surface area contributed by atoms with Gasteiger partial charge in [0.15, 0.2) is 0 Å². The number of hydrogen-bond donors (Lipinski definition) is 2. The van der Waals surface area contributed by atoms with Gasteiger partial charge < -0.3 is 20.1 Å². The van der Waals surface area contributed by atoms with Crippen molar-refractivity contribution in [2.45, 2.75) is 77.2 Å². The van der Waals surface area contributed by atoms with Crippen LogP contribution in [0.3, 0.4) is 0 Å². The van der Waals surface area contributed by atoms with Gasteiger partial charge in [0, 0.05) is 19.4 Å². The van der Waals surface area contributed by atoms with Gasteiger partial charge in [0.2, 0.25) is 5.91 Å². The van der Waals surface area contributed by atoms with E-state index in [1.807, 2.05) is 81.4 Å². The average Bonchev–Trinajstić information content (AvgIpc) is 3.00. The van der Waals surface area contributed by atoms with Gasteiger partial charge in [0.05, 0.1) is 17.7 Å². The Kier molecular flexibility index (Phi) is 10.7. The van der Waals surface area contributed by atoms with Crippen molar-refractivity contribution in [3.8, 4) is 6.07 Å². The Hall–Kier alpha value is -4.48. The maximum Gasteiger partial charge on any atom is 0.303 e. The highest BCUT2D eigenvalue weighted by Crippen LogP contribution is 2.44. The Morgan fingerprint density at radius 1 is 0.977 bits per heavy atom. The number of nitrogens with zero attached hydrogens (tertiary/aromatic N) is 2. The fourth-order valence-electron chi connectivity index (χ4n) is 5.53. The van der Waals surface area contributed by atoms with Crippen LogP contribution in [0, 0.1) is 25.2 Å². The lowest BCUT2D eigenvalue weighted by Crippen LogP contribution is -2.59. The molecule has 1 saturated heterocycles. The predicted octanol–water partition coefficient (Wildman–Crippen LogP) is 5.58. The van der Waals surface area contributed by atoms with Crippen molar-refractivity contribution in [1.29, 1.82) is 5.26 Å². The maximum atomic E-state index is 14.5. The van der Waals surface area contributed by atoms with Gasteiger partial charge in [-0.1, -0.05) is 85.1 Å². The van der Waals surface area contributed by atoms with Crippen LogP contribution in [0.25, 0.3) is 0 Å². The molecule has 2 N–H and O–H groups in total. The Balaban J connectivity index is 1.79. The Bertz CT molecular complexity index is 1440. The Morgan fingerprint density at radius 2 is 1.58 bits per heavy atom. The van der Waals surface area contributed by atoms with Gasteiger partial charge in [-0.3, -0.25) is 14.4 Å². The zero-order valence-electron chi connectivity index (χ0n) is 25.0. The number of carboxylic acid groups (broad SMARTS) is 1. The number of carboxylic acids is 1. The monoisotopic (exact) mass is 581 g/mol. The van der Waals surface area contributed by atoms with Crippen molar-refractivity contribution < 1.29 is 24.2 Å². The van der Waals surface area contributed by atoms with E-state index in [9.17, 15) is 19.6 Å². The van der Waals surface area contributed by atoms with Crippen LogP contribution in [0.4, 0.5) is 0 Å². The van der Waals surface area contributed by atoms with Crippen LogP contribution in [0.1, 0.15) is 78.1 Å². The number of nitriles is 1. The smallest absolute Gasteiger partial charge is 0.303 e. The van der Waals surface area contributed by atoms with Crippen LogP contribution in [0.2, 0.25) is 0 Å². The summed E-state index contributed by atoms with van der Waals surface area (Å²) < 4.78 is 6.69. The number of carbonyl (C=O) groups excluding carboxylic acids is 2. The summed E-state index contributed by atoms with van der Waals surface area (Å²) in [6.45, 7) is 6.19. The van der Waals surface area contributed by atoms with E-state index in [0.717, 1.165) is 27.8 Å². The molecule has 1 aliphatic rings. The van der Waals surface area contributed by atoms with E-state index < -0.39 is 30.3 Å². The van der Waals surface area contributed by atoms with Crippen molar-refractivity contribution in [3.63, 3.8) is 0 Å². The van der Waals surface area contributed by atoms with Gasteiger partial charge in [-0.2, -0.15) is 5.26 Å². The predicted molar refractivity (Wildman–Crippen MR) is 163 cm³/mol. The minimum Gasteiger partial charge on any atom is -0.481 e. The number of aliphatic carboxylic acids is 1. The summed E-state index contributed by atoms with van der Waals surface area (Å²) >= 11 is 0. The molecule has 0 spiro atoms. The highest BCUT2D eigenvalue weighted by Gasteiger charge is 2.48. The normalized spacial score (nSPS) is 19.0. The molecule has 3 aromatic carbocycles. The third-order valence-corrected chi connectivity index (χ3v) is 7.82. The first kappa shape index (κ1) is 31.5. The molecular formula is C35H39N3O5. The third kappa shape index (κ3) is 7.88. The van der Waals surface area contributed by atoms with Crippen molar-refractivity contribution in [2.24, 2.45) is 0 Å². The molecule has 0 unspecified atom stereocenters. The molecule has 4 atom stereocenters. The van der Waals surface area contributed by atoms with Crippen molar-refractivity contribution >= 4 is 17.8 Å². The number of amides is 2. The molecule has 1 aliphatic heterocycles. The fourth-order valence-corrected chi connectivity index (χ4v) is 5.53. The van der Waals surface area contributed by atoms with Gasteiger partial charge >= 0.3 is 5.97 Å². The maximum absolute atomic E-state index is 14.5. The molecule has 2 amide bonds. The molecule has 1 heterocycles.